The zero-order chi connectivity index (χ0) is 18.1. The topological polar surface area (TPSA) is 72.8 Å². The van der Waals surface area contributed by atoms with E-state index < -0.39 is 0 Å². The molecule has 6 nitrogen and oxygen atoms in total. The number of nitrogens with zero attached hydrogens (tertiary/aromatic N) is 4. The lowest BCUT2D eigenvalue weighted by Crippen LogP contribution is -2.01. The summed E-state index contributed by atoms with van der Waals surface area (Å²) in [6, 6.07) is 7.64. The van der Waals surface area contributed by atoms with Crippen molar-refractivity contribution in [1.82, 2.24) is 19.9 Å². The summed E-state index contributed by atoms with van der Waals surface area (Å²) in [6.07, 6.45) is 3.46. The van der Waals surface area contributed by atoms with E-state index in [-0.39, 0.29) is 0 Å². The molecule has 0 radical (unpaired) electrons. The van der Waals surface area contributed by atoms with Gasteiger partial charge in [0.2, 0.25) is 0 Å². The maximum atomic E-state index is 5.53. The van der Waals surface area contributed by atoms with Crippen molar-refractivity contribution < 1.29 is 4.74 Å². The van der Waals surface area contributed by atoms with Gasteiger partial charge in [-0.3, -0.25) is 4.98 Å². The lowest BCUT2D eigenvalue weighted by atomic mass is 10.2. The van der Waals surface area contributed by atoms with E-state index in [9.17, 15) is 0 Å². The van der Waals surface area contributed by atoms with Crippen LogP contribution < -0.4 is 10.1 Å². The number of halogens is 1. The van der Waals surface area contributed by atoms with Gasteiger partial charge >= 0.3 is 0 Å². The fourth-order valence-electron chi connectivity index (χ4n) is 2.55. The molecule has 0 aliphatic heterocycles. The third kappa shape index (κ3) is 3.25. The van der Waals surface area contributed by atoms with Crippen LogP contribution >= 0.6 is 27.3 Å². The van der Waals surface area contributed by atoms with E-state index in [1.807, 2.05) is 36.6 Å². The summed E-state index contributed by atoms with van der Waals surface area (Å²) in [7, 11) is 1.63. The van der Waals surface area contributed by atoms with Gasteiger partial charge in [-0.1, -0.05) is 15.9 Å². The average molecular weight is 428 g/mol. The molecule has 4 rings (SSSR count). The predicted octanol–water partition coefficient (Wildman–Crippen LogP) is 4.97. The molecule has 3 aromatic heterocycles. The first-order valence-electron chi connectivity index (χ1n) is 7.79. The van der Waals surface area contributed by atoms with E-state index in [2.05, 4.69) is 31.2 Å². The van der Waals surface area contributed by atoms with Crippen molar-refractivity contribution in [1.29, 1.82) is 0 Å². The molecule has 8 heteroatoms. The number of nitrogens with one attached hydrogen (secondary N) is 1. The van der Waals surface area contributed by atoms with Crippen molar-refractivity contribution >= 4 is 49.1 Å². The fourth-order valence-corrected chi connectivity index (χ4v) is 3.68. The Morgan fingerprint density at radius 3 is 2.77 bits per heavy atom. The highest BCUT2D eigenvalue weighted by molar-refractivity contribution is 9.10. The van der Waals surface area contributed by atoms with Crippen LogP contribution in [0, 0.1) is 6.92 Å². The number of aryl methyl sites for hydroxylation is 1. The Balaban J connectivity index is 1.95. The minimum atomic E-state index is 0.571. The minimum Gasteiger partial charge on any atom is -0.494 e. The highest BCUT2D eigenvalue weighted by Crippen LogP contribution is 2.35. The molecule has 0 bridgehead atoms. The molecule has 0 amide bonds. The van der Waals surface area contributed by atoms with E-state index in [4.69, 9.17) is 14.7 Å². The third-order valence-corrected chi connectivity index (χ3v) is 5.05. The molecule has 0 spiro atoms. The zero-order valence-corrected chi connectivity index (χ0v) is 16.4. The highest BCUT2D eigenvalue weighted by Gasteiger charge is 2.15. The summed E-state index contributed by atoms with van der Waals surface area (Å²) in [5.74, 6) is 1.91. The van der Waals surface area contributed by atoms with Crippen LogP contribution in [-0.2, 0) is 0 Å². The van der Waals surface area contributed by atoms with Crippen LogP contribution in [0.5, 0.6) is 5.75 Å². The molecule has 4 aromatic rings. The van der Waals surface area contributed by atoms with E-state index in [0.717, 1.165) is 31.8 Å². The first kappa shape index (κ1) is 16.9. The second-order valence-corrected chi connectivity index (χ2v) is 7.33. The summed E-state index contributed by atoms with van der Waals surface area (Å²) < 4.78 is 6.42. The predicted molar refractivity (Wildman–Crippen MR) is 107 cm³/mol. The average Bonchev–Trinajstić information content (AvgIpc) is 3.07. The Morgan fingerprint density at radius 2 is 2.08 bits per heavy atom. The third-order valence-electron chi connectivity index (χ3n) is 3.71. The summed E-state index contributed by atoms with van der Waals surface area (Å²) in [5, 5.41) is 6.93. The van der Waals surface area contributed by atoms with Gasteiger partial charge < -0.3 is 10.1 Å². The molecule has 0 saturated carbocycles. The van der Waals surface area contributed by atoms with Crippen molar-refractivity contribution in [3.63, 3.8) is 0 Å². The second kappa shape index (κ2) is 6.97. The van der Waals surface area contributed by atoms with Gasteiger partial charge in [0.05, 0.1) is 12.8 Å². The molecular weight excluding hydrogens is 414 g/mol. The molecule has 0 fully saturated rings. The van der Waals surface area contributed by atoms with Crippen molar-refractivity contribution in [2.75, 3.05) is 12.4 Å². The summed E-state index contributed by atoms with van der Waals surface area (Å²) in [4.78, 5) is 18.1. The molecule has 0 aliphatic rings. The van der Waals surface area contributed by atoms with Crippen LogP contribution in [0.3, 0.4) is 0 Å². The van der Waals surface area contributed by atoms with Crippen LogP contribution in [0.15, 0.2) is 46.5 Å². The number of anilines is 2. The Labute approximate surface area is 162 Å². The summed E-state index contributed by atoms with van der Waals surface area (Å²) in [6.45, 7) is 1.96. The first-order chi connectivity index (χ1) is 12.6. The van der Waals surface area contributed by atoms with Gasteiger partial charge in [-0.05, 0) is 31.2 Å². The normalized spacial score (nSPS) is 10.9. The van der Waals surface area contributed by atoms with Crippen LogP contribution in [0.4, 0.5) is 10.9 Å². The molecule has 26 heavy (non-hydrogen) atoms. The molecule has 0 aliphatic carbocycles. The Kier molecular flexibility index (Phi) is 4.52. The lowest BCUT2D eigenvalue weighted by Gasteiger charge is -2.12. The second-order valence-electron chi connectivity index (χ2n) is 5.56. The minimum absolute atomic E-state index is 0.571. The number of benzene rings is 1. The molecular formula is C18H14BrN5OS. The molecule has 130 valence electrons. The summed E-state index contributed by atoms with van der Waals surface area (Å²) >= 11 is 5.06. The number of hydrogen-bond donors (Lipinski definition) is 1. The Bertz CT molecular complexity index is 1080. The lowest BCUT2D eigenvalue weighted by molar-refractivity contribution is 0.418. The molecule has 0 unspecified atom stereocenters. The van der Waals surface area contributed by atoms with Gasteiger partial charge in [-0.15, -0.1) is 11.3 Å². The molecule has 0 atom stereocenters. The van der Waals surface area contributed by atoms with Gasteiger partial charge in [0.15, 0.2) is 11.0 Å². The van der Waals surface area contributed by atoms with Crippen molar-refractivity contribution in [2.45, 2.75) is 6.92 Å². The first-order valence-corrected chi connectivity index (χ1v) is 9.46. The monoisotopic (exact) mass is 427 g/mol. The zero-order valence-electron chi connectivity index (χ0n) is 14.0. The van der Waals surface area contributed by atoms with Crippen LogP contribution in [0.1, 0.15) is 5.69 Å². The molecule has 3 heterocycles. The number of rotatable bonds is 4. The number of fused-ring (bicyclic) bond motifs is 1. The van der Waals surface area contributed by atoms with E-state index in [1.165, 1.54) is 11.3 Å². The van der Waals surface area contributed by atoms with Crippen LogP contribution in [0.2, 0.25) is 0 Å². The largest absolute Gasteiger partial charge is 0.494 e. The highest BCUT2D eigenvalue weighted by atomic mass is 79.9. The quantitative estimate of drug-likeness (QED) is 0.495. The van der Waals surface area contributed by atoms with Gasteiger partial charge in [-0.25, -0.2) is 15.0 Å². The van der Waals surface area contributed by atoms with E-state index >= 15 is 0 Å². The van der Waals surface area contributed by atoms with Crippen LogP contribution in [-0.4, -0.2) is 27.0 Å². The van der Waals surface area contributed by atoms with Crippen molar-refractivity contribution in [2.24, 2.45) is 0 Å². The Hall–Kier alpha value is -2.58. The number of aromatic nitrogens is 4. The number of ether oxygens (including phenoxy) is 1. The number of pyridine rings is 1. The van der Waals surface area contributed by atoms with Gasteiger partial charge in [0, 0.05) is 33.2 Å². The van der Waals surface area contributed by atoms with Gasteiger partial charge in [-0.2, -0.15) is 0 Å². The number of methoxy groups -OCH3 is 1. The van der Waals surface area contributed by atoms with E-state index in [0.29, 0.717) is 17.4 Å². The fraction of sp³-hybridized carbons (Fsp3) is 0.111. The van der Waals surface area contributed by atoms with Gasteiger partial charge in [0.1, 0.15) is 17.1 Å². The van der Waals surface area contributed by atoms with Crippen molar-refractivity contribution in [3.8, 4) is 17.1 Å². The smallest absolute Gasteiger partial charge is 0.188 e. The molecule has 1 N–H and O–H groups in total. The summed E-state index contributed by atoms with van der Waals surface area (Å²) in [5.41, 5.74) is 2.51. The number of hydrogen-bond acceptors (Lipinski definition) is 7. The van der Waals surface area contributed by atoms with E-state index in [1.54, 1.807) is 19.5 Å². The number of thiazole rings is 1. The molecule has 0 saturated heterocycles. The molecule has 1 aromatic carbocycles. The van der Waals surface area contributed by atoms with Crippen LogP contribution in [0.25, 0.3) is 22.3 Å². The van der Waals surface area contributed by atoms with Gasteiger partial charge in [0.25, 0.3) is 0 Å². The SMILES string of the molecule is COc1cc(Br)cc2c(Nc3nc(C)cs3)nc(-c3cccnc3)nc12. The maximum Gasteiger partial charge on any atom is 0.188 e. The van der Waals surface area contributed by atoms with Crippen molar-refractivity contribution in [3.05, 3.63) is 52.2 Å². The Morgan fingerprint density at radius 1 is 1.19 bits per heavy atom. The maximum absolute atomic E-state index is 5.53. The standard InChI is InChI=1S/C18H14BrN5OS/c1-10-9-26-18(21-10)24-17-13-6-12(19)7-14(25-2)15(13)22-16(23-17)11-4-3-5-20-8-11/h3-9H,1-2H3,(H,21,22,23,24).